The van der Waals surface area contributed by atoms with Crippen molar-refractivity contribution in [3.05, 3.63) is 70.2 Å². The lowest BCUT2D eigenvalue weighted by atomic mass is 9.81. The number of methoxy groups -OCH3 is 2. The van der Waals surface area contributed by atoms with Gasteiger partial charge in [-0.05, 0) is 25.2 Å². The molecule has 1 aliphatic carbocycles. The van der Waals surface area contributed by atoms with E-state index in [4.69, 9.17) is 42.6 Å². The van der Waals surface area contributed by atoms with Gasteiger partial charge in [-0.15, -0.1) is 0 Å². The summed E-state index contributed by atoms with van der Waals surface area (Å²) in [6.45, 7) is 1.82. The predicted molar refractivity (Wildman–Crippen MR) is 180 cm³/mol. The summed E-state index contributed by atoms with van der Waals surface area (Å²) in [6, 6.07) is 11.8. The molecule has 4 aromatic rings. The van der Waals surface area contributed by atoms with Crippen molar-refractivity contribution in [2.45, 2.75) is 50.9 Å². The summed E-state index contributed by atoms with van der Waals surface area (Å²) in [6.07, 6.45) is 6.64. The second-order valence-electron chi connectivity index (χ2n) is 11.8. The molecule has 3 heterocycles. The number of rotatable bonds is 13. The van der Waals surface area contributed by atoms with Crippen LogP contribution in [0.2, 0.25) is 10.0 Å². The number of carbonyl (C=O) groups excluding carboxylic acids is 1. The monoisotopic (exact) mass is 677 g/mol. The number of carbonyl (C=O) groups is 1. The fourth-order valence-corrected chi connectivity index (χ4v) is 6.64. The van der Waals surface area contributed by atoms with Gasteiger partial charge in [0.05, 0.1) is 48.0 Å². The average molecular weight is 679 g/mol. The molecule has 2 aromatic heterocycles. The summed E-state index contributed by atoms with van der Waals surface area (Å²) in [5.41, 5.74) is 5.31. The lowest BCUT2D eigenvalue weighted by Crippen LogP contribution is -2.42. The van der Waals surface area contributed by atoms with Gasteiger partial charge in [0.25, 0.3) is 0 Å². The van der Waals surface area contributed by atoms with Crippen molar-refractivity contribution in [2.75, 3.05) is 27.4 Å². The molecule has 47 heavy (non-hydrogen) atoms. The Bertz CT molecular complexity index is 1750. The third-order valence-electron chi connectivity index (χ3n) is 8.67. The Morgan fingerprint density at radius 3 is 1.94 bits per heavy atom. The molecule has 246 valence electrons. The molecule has 2 aliphatic rings. The summed E-state index contributed by atoms with van der Waals surface area (Å²) in [5, 5.41) is 20.0. The van der Waals surface area contributed by atoms with Gasteiger partial charge < -0.3 is 30.5 Å². The lowest BCUT2D eigenvalue weighted by molar-refractivity contribution is -0.119. The van der Waals surface area contributed by atoms with Crippen LogP contribution in [0.3, 0.4) is 0 Å². The van der Waals surface area contributed by atoms with Gasteiger partial charge in [-0.3, -0.25) is 14.8 Å². The fourth-order valence-electron chi connectivity index (χ4n) is 5.99. The van der Waals surface area contributed by atoms with E-state index >= 15 is 0 Å². The van der Waals surface area contributed by atoms with Crippen LogP contribution in [0, 0.1) is 5.92 Å². The molecule has 1 aliphatic heterocycles. The van der Waals surface area contributed by atoms with Crippen molar-refractivity contribution in [2.24, 2.45) is 5.92 Å². The SMILES string of the molecule is COc1nc(-c2cccc(-c3cccc(-c4cnc(CN[C@H]5C[C@@H](CO)C5)c(OC)n4)c3Cl)c2Cl)cnc1CNC[C@@H]1CCC(=O)N1. The summed E-state index contributed by atoms with van der Waals surface area (Å²) >= 11 is 14.1. The lowest BCUT2D eigenvalue weighted by Gasteiger charge is -2.34. The average Bonchev–Trinajstić information content (AvgIpc) is 3.49. The number of ether oxygens (including phenoxy) is 2. The normalized spacial score (nSPS) is 18.9. The van der Waals surface area contributed by atoms with E-state index in [1.54, 1.807) is 26.6 Å². The first kappa shape index (κ1) is 33.0. The molecule has 1 saturated carbocycles. The maximum Gasteiger partial charge on any atom is 0.237 e. The van der Waals surface area contributed by atoms with Crippen LogP contribution in [-0.2, 0) is 17.9 Å². The van der Waals surface area contributed by atoms with Crippen molar-refractivity contribution < 1.29 is 19.4 Å². The Kier molecular flexibility index (Phi) is 10.5. The Morgan fingerprint density at radius 2 is 1.43 bits per heavy atom. The van der Waals surface area contributed by atoms with Crippen molar-refractivity contribution in [1.29, 1.82) is 0 Å². The smallest absolute Gasteiger partial charge is 0.237 e. The molecule has 0 radical (unpaired) electrons. The summed E-state index contributed by atoms with van der Waals surface area (Å²) in [4.78, 5) is 30.2. The van der Waals surface area contributed by atoms with Crippen LogP contribution < -0.4 is 25.4 Å². The first-order valence-corrected chi connectivity index (χ1v) is 16.4. The highest BCUT2D eigenvalue weighted by Gasteiger charge is 2.28. The second kappa shape index (κ2) is 14.9. The number of aliphatic hydroxyl groups is 1. The highest BCUT2D eigenvalue weighted by Crippen LogP contribution is 2.42. The number of benzene rings is 2. The maximum absolute atomic E-state index is 11.5. The maximum atomic E-state index is 11.5. The van der Waals surface area contributed by atoms with E-state index in [-0.39, 0.29) is 18.6 Å². The molecule has 2 aromatic carbocycles. The first-order valence-electron chi connectivity index (χ1n) is 15.6. The molecule has 0 spiro atoms. The molecule has 6 rings (SSSR count). The number of halogens is 2. The van der Waals surface area contributed by atoms with E-state index in [1.807, 2.05) is 36.4 Å². The molecule has 1 saturated heterocycles. The van der Waals surface area contributed by atoms with Crippen LogP contribution in [-0.4, -0.2) is 70.4 Å². The predicted octanol–water partition coefficient (Wildman–Crippen LogP) is 4.82. The number of amides is 1. The molecule has 1 amide bonds. The van der Waals surface area contributed by atoms with Gasteiger partial charge in [0.1, 0.15) is 11.4 Å². The zero-order chi connectivity index (χ0) is 32.9. The largest absolute Gasteiger partial charge is 0.480 e. The number of aliphatic hydroxyl groups excluding tert-OH is 1. The van der Waals surface area contributed by atoms with Gasteiger partial charge in [-0.25, -0.2) is 9.97 Å². The van der Waals surface area contributed by atoms with Crippen LogP contribution >= 0.6 is 23.2 Å². The minimum Gasteiger partial charge on any atom is -0.480 e. The van der Waals surface area contributed by atoms with E-state index in [9.17, 15) is 9.90 Å². The third-order valence-corrected chi connectivity index (χ3v) is 9.48. The quantitative estimate of drug-likeness (QED) is 0.156. The minimum atomic E-state index is 0.0831. The highest BCUT2D eigenvalue weighted by atomic mass is 35.5. The topological polar surface area (TPSA) is 143 Å². The van der Waals surface area contributed by atoms with Crippen LogP contribution in [0.15, 0.2) is 48.8 Å². The van der Waals surface area contributed by atoms with Crippen molar-refractivity contribution >= 4 is 29.1 Å². The second-order valence-corrected chi connectivity index (χ2v) is 12.5. The van der Waals surface area contributed by atoms with Crippen molar-refractivity contribution in [3.63, 3.8) is 0 Å². The Labute approximate surface area is 283 Å². The van der Waals surface area contributed by atoms with Crippen LogP contribution in [0.25, 0.3) is 33.6 Å². The van der Waals surface area contributed by atoms with Crippen LogP contribution in [0.5, 0.6) is 11.8 Å². The molecule has 0 unspecified atom stereocenters. The van der Waals surface area contributed by atoms with Crippen LogP contribution in [0.1, 0.15) is 37.1 Å². The summed E-state index contributed by atoms with van der Waals surface area (Å²) in [7, 11) is 3.13. The molecular weight excluding hydrogens is 641 g/mol. The van der Waals surface area contributed by atoms with Crippen molar-refractivity contribution in [1.82, 2.24) is 35.9 Å². The van der Waals surface area contributed by atoms with E-state index in [0.29, 0.717) is 93.7 Å². The van der Waals surface area contributed by atoms with Gasteiger partial charge in [0.15, 0.2) is 0 Å². The van der Waals surface area contributed by atoms with E-state index in [2.05, 4.69) is 25.9 Å². The van der Waals surface area contributed by atoms with Crippen molar-refractivity contribution in [3.8, 4) is 45.4 Å². The van der Waals surface area contributed by atoms with Gasteiger partial charge in [0, 0.05) is 67.0 Å². The van der Waals surface area contributed by atoms with Gasteiger partial charge in [-0.1, -0.05) is 59.6 Å². The Morgan fingerprint density at radius 1 is 0.872 bits per heavy atom. The summed E-state index contributed by atoms with van der Waals surface area (Å²) in [5.74, 6) is 1.26. The van der Waals surface area contributed by atoms with E-state index in [0.717, 1.165) is 30.4 Å². The number of aromatic nitrogens is 4. The van der Waals surface area contributed by atoms with Gasteiger partial charge in [0.2, 0.25) is 17.7 Å². The Hall–Kier alpha value is -3.87. The molecule has 11 nitrogen and oxygen atoms in total. The van der Waals surface area contributed by atoms with Gasteiger partial charge in [-0.2, -0.15) is 0 Å². The summed E-state index contributed by atoms with van der Waals surface area (Å²) < 4.78 is 11.2. The number of hydrogen-bond acceptors (Lipinski definition) is 10. The molecule has 2 fully saturated rings. The first-order chi connectivity index (χ1) is 22.9. The van der Waals surface area contributed by atoms with E-state index < -0.39 is 0 Å². The highest BCUT2D eigenvalue weighted by molar-refractivity contribution is 6.39. The fraction of sp³-hybridized carbons (Fsp3) is 0.382. The number of hydrogen-bond donors (Lipinski definition) is 4. The molecule has 4 N–H and O–H groups in total. The van der Waals surface area contributed by atoms with Crippen LogP contribution in [0.4, 0.5) is 0 Å². The zero-order valence-corrected chi connectivity index (χ0v) is 27.7. The Balaban J connectivity index is 1.21. The molecular formula is C34H37Cl2N7O4. The molecule has 1 atom stereocenters. The third kappa shape index (κ3) is 7.34. The number of nitrogens with one attached hydrogen (secondary N) is 3. The minimum absolute atomic E-state index is 0.0831. The molecule has 0 bridgehead atoms. The standard InChI is InChI=1S/C34H37Cl2N7O4/c1-46-33-28(14-37-13-20-9-10-30(45)41-20)39-15-26(42-33)24-7-3-5-22(31(24)35)23-6-4-8-25(32(23)36)27-16-40-29(34(43-27)47-2)17-38-21-11-19(12-21)18-44/h3-8,15-16,19-21,37-38,44H,9-14,17-18H2,1-2H3,(H,41,45)/t19-,20-,21+/m0/s1. The number of nitrogens with zero attached hydrogens (tertiary/aromatic N) is 4. The van der Waals surface area contributed by atoms with Gasteiger partial charge >= 0.3 is 0 Å². The zero-order valence-electron chi connectivity index (χ0n) is 26.2. The van der Waals surface area contributed by atoms with E-state index in [1.165, 1.54) is 0 Å². The molecule has 13 heteroatoms.